The quantitative estimate of drug-likeness (QED) is 0.580. The molecule has 0 radical (unpaired) electrons. The number of carboxylic acid groups (broad SMARTS) is 1. The van der Waals surface area contributed by atoms with Gasteiger partial charge in [-0.2, -0.15) is 0 Å². The molecule has 0 fully saturated rings. The van der Waals surface area contributed by atoms with Crippen molar-refractivity contribution >= 4 is 6.16 Å². The molecule has 0 bridgehead atoms. The van der Waals surface area contributed by atoms with Gasteiger partial charge in [0.1, 0.15) is 6.10 Å². The molecule has 0 aromatic rings. The summed E-state index contributed by atoms with van der Waals surface area (Å²) in [4.78, 5) is 9.94. The molecule has 0 rings (SSSR count). The Kier molecular flexibility index (Phi) is 4.66. The summed E-state index contributed by atoms with van der Waals surface area (Å²) < 4.78 is 4.40. The van der Waals surface area contributed by atoms with Crippen LogP contribution in [-0.4, -0.2) is 29.1 Å². The van der Waals surface area contributed by atoms with Crippen LogP contribution >= 0.6 is 0 Å². The minimum atomic E-state index is -1.28. The zero-order valence-corrected chi connectivity index (χ0v) is 5.91. The molecule has 60 valence electrons. The van der Waals surface area contributed by atoms with E-state index in [-0.39, 0.29) is 12.7 Å². The number of ether oxygens (including phenoxy) is 1. The molecule has 0 saturated carbocycles. The fourth-order valence-electron chi connectivity index (χ4n) is 0.633. The average Bonchev–Trinajstić information content (AvgIpc) is 1.86. The van der Waals surface area contributed by atoms with Gasteiger partial charge >= 0.3 is 6.16 Å². The van der Waals surface area contributed by atoms with Crippen LogP contribution in [0.5, 0.6) is 0 Å². The molecule has 0 aliphatic heterocycles. The van der Waals surface area contributed by atoms with Crippen LogP contribution in [0.25, 0.3) is 0 Å². The van der Waals surface area contributed by atoms with Crippen LogP contribution in [0, 0.1) is 0 Å². The van der Waals surface area contributed by atoms with Gasteiger partial charge in [-0.1, -0.05) is 6.92 Å². The van der Waals surface area contributed by atoms with E-state index in [1.807, 2.05) is 6.92 Å². The first-order valence-corrected chi connectivity index (χ1v) is 3.21. The van der Waals surface area contributed by atoms with Gasteiger partial charge in [-0.15, -0.1) is 0 Å². The molecule has 0 spiro atoms. The number of hydrogen-bond donors (Lipinski definition) is 2. The van der Waals surface area contributed by atoms with Gasteiger partial charge < -0.3 is 14.9 Å². The highest BCUT2D eigenvalue weighted by Gasteiger charge is 2.09. The Morgan fingerprint density at radius 1 is 1.70 bits per heavy atom. The Bertz CT molecular complexity index is 102. The highest BCUT2D eigenvalue weighted by molar-refractivity contribution is 5.57. The number of carbonyl (C=O) groups is 1. The van der Waals surface area contributed by atoms with E-state index in [0.29, 0.717) is 12.8 Å². The van der Waals surface area contributed by atoms with Gasteiger partial charge in [0, 0.05) is 13.0 Å². The number of hydrogen-bond acceptors (Lipinski definition) is 3. The first-order valence-electron chi connectivity index (χ1n) is 3.21. The van der Waals surface area contributed by atoms with Crippen LogP contribution < -0.4 is 0 Å². The predicted octanol–water partition coefficient (Wildman–Crippen LogP) is 0.842. The van der Waals surface area contributed by atoms with E-state index in [4.69, 9.17) is 10.2 Å². The van der Waals surface area contributed by atoms with E-state index in [2.05, 4.69) is 4.74 Å². The molecule has 0 aliphatic carbocycles. The van der Waals surface area contributed by atoms with Gasteiger partial charge in [0.2, 0.25) is 0 Å². The zero-order chi connectivity index (χ0) is 7.98. The molecule has 2 N–H and O–H groups in total. The Morgan fingerprint density at radius 3 is 2.60 bits per heavy atom. The lowest BCUT2D eigenvalue weighted by Gasteiger charge is -2.10. The van der Waals surface area contributed by atoms with Crippen molar-refractivity contribution in [3.8, 4) is 0 Å². The molecule has 4 nitrogen and oxygen atoms in total. The SMILES string of the molecule is CCC(CCO)OC(=O)O. The summed E-state index contributed by atoms with van der Waals surface area (Å²) in [5.41, 5.74) is 0. The van der Waals surface area contributed by atoms with Crippen molar-refractivity contribution in [1.29, 1.82) is 0 Å². The summed E-state index contributed by atoms with van der Waals surface area (Å²) in [7, 11) is 0. The fraction of sp³-hybridized carbons (Fsp3) is 0.833. The highest BCUT2D eigenvalue weighted by Crippen LogP contribution is 2.02. The molecular formula is C6H12O4. The number of rotatable bonds is 4. The monoisotopic (exact) mass is 148 g/mol. The molecule has 4 heteroatoms. The van der Waals surface area contributed by atoms with Crippen molar-refractivity contribution in [2.24, 2.45) is 0 Å². The summed E-state index contributed by atoms with van der Waals surface area (Å²) in [6.07, 6.45) is -0.654. The third kappa shape index (κ3) is 4.14. The first-order chi connectivity index (χ1) is 4.70. The largest absolute Gasteiger partial charge is 0.506 e. The molecule has 0 saturated heterocycles. The smallest absolute Gasteiger partial charge is 0.450 e. The maximum absolute atomic E-state index is 9.94. The van der Waals surface area contributed by atoms with Gasteiger partial charge in [0.25, 0.3) is 0 Å². The lowest BCUT2D eigenvalue weighted by atomic mass is 10.2. The molecule has 1 unspecified atom stereocenters. The van der Waals surface area contributed by atoms with E-state index in [9.17, 15) is 4.79 Å². The Balaban J connectivity index is 3.49. The lowest BCUT2D eigenvalue weighted by Crippen LogP contribution is -2.16. The third-order valence-electron chi connectivity index (χ3n) is 1.17. The van der Waals surface area contributed by atoms with Crippen LogP contribution in [0.1, 0.15) is 19.8 Å². The summed E-state index contributed by atoms with van der Waals surface area (Å²) >= 11 is 0. The van der Waals surface area contributed by atoms with Gasteiger partial charge in [0.15, 0.2) is 0 Å². The predicted molar refractivity (Wildman–Crippen MR) is 34.9 cm³/mol. The van der Waals surface area contributed by atoms with E-state index in [1.165, 1.54) is 0 Å². The second-order valence-electron chi connectivity index (χ2n) is 1.93. The molecule has 0 aliphatic rings. The molecule has 0 amide bonds. The number of aliphatic hydroxyl groups excluding tert-OH is 1. The van der Waals surface area contributed by atoms with E-state index < -0.39 is 6.16 Å². The summed E-state index contributed by atoms with van der Waals surface area (Å²) in [5.74, 6) is 0. The van der Waals surface area contributed by atoms with E-state index >= 15 is 0 Å². The molecular weight excluding hydrogens is 136 g/mol. The minimum absolute atomic E-state index is 0.0359. The van der Waals surface area contributed by atoms with Gasteiger partial charge in [-0.05, 0) is 6.42 Å². The second kappa shape index (κ2) is 5.05. The molecule has 0 heterocycles. The maximum Gasteiger partial charge on any atom is 0.506 e. The fourth-order valence-corrected chi connectivity index (χ4v) is 0.633. The van der Waals surface area contributed by atoms with Gasteiger partial charge in [-0.3, -0.25) is 0 Å². The van der Waals surface area contributed by atoms with Gasteiger partial charge in [-0.25, -0.2) is 4.79 Å². The molecule has 0 aromatic carbocycles. The number of aliphatic hydroxyl groups is 1. The van der Waals surface area contributed by atoms with Gasteiger partial charge in [0.05, 0.1) is 0 Å². The van der Waals surface area contributed by atoms with Crippen molar-refractivity contribution in [2.45, 2.75) is 25.9 Å². The maximum atomic E-state index is 9.94. The van der Waals surface area contributed by atoms with Crippen molar-refractivity contribution in [1.82, 2.24) is 0 Å². The first kappa shape index (κ1) is 9.23. The zero-order valence-electron chi connectivity index (χ0n) is 5.91. The summed E-state index contributed by atoms with van der Waals surface area (Å²) in [6, 6.07) is 0. The Labute approximate surface area is 59.4 Å². The van der Waals surface area contributed by atoms with Crippen LogP contribution in [0.4, 0.5) is 4.79 Å². The van der Waals surface area contributed by atoms with Crippen LogP contribution in [0.3, 0.4) is 0 Å². The van der Waals surface area contributed by atoms with Crippen molar-refractivity contribution in [2.75, 3.05) is 6.61 Å². The standard InChI is InChI=1S/C6H12O4/c1-2-5(3-4-7)10-6(8)9/h5,7H,2-4H2,1H3,(H,8,9). The molecule has 10 heavy (non-hydrogen) atoms. The summed E-state index contributed by atoms with van der Waals surface area (Å²) in [5, 5.41) is 16.5. The van der Waals surface area contributed by atoms with Crippen LogP contribution in [0.15, 0.2) is 0 Å². The van der Waals surface area contributed by atoms with Crippen molar-refractivity contribution in [3.63, 3.8) is 0 Å². The van der Waals surface area contributed by atoms with Crippen LogP contribution in [-0.2, 0) is 4.74 Å². The molecule has 0 aromatic heterocycles. The topological polar surface area (TPSA) is 66.8 Å². The lowest BCUT2D eigenvalue weighted by molar-refractivity contribution is 0.0392. The van der Waals surface area contributed by atoms with Crippen molar-refractivity contribution < 1.29 is 19.7 Å². The normalized spacial score (nSPS) is 12.6. The van der Waals surface area contributed by atoms with Crippen LogP contribution in [0.2, 0.25) is 0 Å². The van der Waals surface area contributed by atoms with E-state index in [0.717, 1.165) is 0 Å². The van der Waals surface area contributed by atoms with E-state index in [1.54, 1.807) is 0 Å². The van der Waals surface area contributed by atoms with Crippen molar-refractivity contribution in [3.05, 3.63) is 0 Å². The summed E-state index contributed by atoms with van der Waals surface area (Å²) in [6.45, 7) is 1.77. The third-order valence-corrected chi connectivity index (χ3v) is 1.17. The Hall–Kier alpha value is -0.770. The highest BCUT2D eigenvalue weighted by atomic mass is 16.7. The second-order valence-corrected chi connectivity index (χ2v) is 1.93. The Morgan fingerprint density at radius 2 is 2.30 bits per heavy atom. The minimum Gasteiger partial charge on any atom is -0.450 e. The average molecular weight is 148 g/mol. The molecule has 1 atom stereocenters.